The summed E-state index contributed by atoms with van der Waals surface area (Å²) in [5.41, 5.74) is 11.4. The molecule has 2 heteroatoms. The van der Waals surface area contributed by atoms with Gasteiger partial charge in [-0.1, -0.05) is 30.7 Å². The summed E-state index contributed by atoms with van der Waals surface area (Å²) in [7, 11) is 0. The topological polar surface area (TPSA) is 38.9 Å². The van der Waals surface area contributed by atoms with E-state index >= 15 is 0 Å². The molecule has 0 fully saturated rings. The second kappa shape index (κ2) is 5.32. The van der Waals surface area contributed by atoms with E-state index in [4.69, 9.17) is 5.73 Å². The van der Waals surface area contributed by atoms with Gasteiger partial charge in [-0.2, -0.15) is 0 Å². The molecule has 0 aliphatic carbocycles. The Labute approximate surface area is 109 Å². The Balaban J connectivity index is 2.31. The van der Waals surface area contributed by atoms with Gasteiger partial charge in [-0.25, -0.2) is 0 Å². The lowest BCUT2D eigenvalue weighted by Gasteiger charge is -2.22. The fourth-order valence-corrected chi connectivity index (χ4v) is 2.26. The fraction of sp³-hybridized carbons (Fsp3) is 0.312. The molecule has 2 rings (SSSR count). The quantitative estimate of drug-likeness (QED) is 0.891. The summed E-state index contributed by atoms with van der Waals surface area (Å²) in [6, 6.07) is 10.6. The number of hydrogen-bond acceptors (Lipinski definition) is 2. The minimum atomic E-state index is 0.0206. The zero-order chi connectivity index (χ0) is 13.1. The van der Waals surface area contributed by atoms with Gasteiger partial charge >= 0.3 is 0 Å². The minimum absolute atomic E-state index is 0.0206. The zero-order valence-corrected chi connectivity index (χ0v) is 11.2. The Kier molecular flexibility index (Phi) is 3.78. The molecular formula is C16H20N2. The van der Waals surface area contributed by atoms with Crippen molar-refractivity contribution in [1.29, 1.82) is 0 Å². The van der Waals surface area contributed by atoms with Crippen LogP contribution in [0.1, 0.15) is 41.1 Å². The van der Waals surface area contributed by atoms with Gasteiger partial charge in [0, 0.05) is 24.4 Å². The lowest BCUT2D eigenvalue weighted by Crippen LogP contribution is -2.19. The van der Waals surface area contributed by atoms with Crippen molar-refractivity contribution in [3.05, 3.63) is 65.0 Å². The van der Waals surface area contributed by atoms with E-state index in [1.165, 1.54) is 22.3 Å². The normalized spacial score (nSPS) is 14.2. The van der Waals surface area contributed by atoms with Crippen LogP contribution < -0.4 is 5.73 Å². The highest BCUT2D eigenvalue weighted by atomic mass is 14.7. The summed E-state index contributed by atoms with van der Waals surface area (Å²) in [6.45, 7) is 6.39. The second-order valence-corrected chi connectivity index (χ2v) is 4.96. The maximum Gasteiger partial charge on any atom is 0.0364 e. The summed E-state index contributed by atoms with van der Waals surface area (Å²) >= 11 is 0. The SMILES string of the molecule is Cc1ccc(C)c(C(N)C(C)c2ccncc2)c1. The number of aryl methyl sites for hydroxylation is 2. The van der Waals surface area contributed by atoms with Crippen LogP contribution in [-0.2, 0) is 0 Å². The third kappa shape index (κ3) is 2.59. The first-order chi connectivity index (χ1) is 8.59. The number of nitrogens with zero attached hydrogens (tertiary/aromatic N) is 1. The Morgan fingerprint density at radius 1 is 1.06 bits per heavy atom. The predicted molar refractivity (Wildman–Crippen MR) is 75.5 cm³/mol. The molecule has 0 amide bonds. The van der Waals surface area contributed by atoms with Crippen molar-refractivity contribution in [2.75, 3.05) is 0 Å². The van der Waals surface area contributed by atoms with Crippen molar-refractivity contribution in [3.8, 4) is 0 Å². The molecule has 0 aliphatic rings. The minimum Gasteiger partial charge on any atom is -0.323 e. The number of pyridine rings is 1. The lowest BCUT2D eigenvalue weighted by molar-refractivity contribution is 0.594. The molecule has 0 bridgehead atoms. The van der Waals surface area contributed by atoms with Crippen LogP contribution in [0.25, 0.3) is 0 Å². The van der Waals surface area contributed by atoms with Gasteiger partial charge in [-0.3, -0.25) is 4.98 Å². The highest BCUT2D eigenvalue weighted by Gasteiger charge is 2.18. The number of hydrogen-bond donors (Lipinski definition) is 1. The molecule has 0 spiro atoms. The van der Waals surface area contributed by atoms with Crippen LogP contribution in [0.2, 0.25) is 0 Å². The highest BCUT2D eigenvalue weighted by molar-refractivity contribution is 5.35. The summed E-state index contributed by atoms with van der Waals surface area (Å²) in [5.74, 6) is 0.286. The van der Waals surface area contributed by atoms with Crippen molar-refractivity contribution >= 4 is 0 Å². The van der Waals surface area contributed by atoms with Crippen molar-refractivity contribution in [2.24, 2.45) is 5.73 Å². The fourth-order valence-electron chi connectivity index (χ4n) is 2.26. The monoisotopic (exact) mass is 240 g/mol. The van der Waals surface area contributed by atoms with Crippen molar-refractivity contribution in [2.45, 2.75) is 32.7 Å². The van der Waals surface area contributed by atoms with Crippen LogP contribution in [0, 0.1) is 13.8 Å². The highest BCUT2D eigenvalue weighted by Crippen LogP contribution is 2.30. The van der Waals surface area contributed by atoms with E-state index in [1.54, 1.807) is 0 Å². The van der Waals surface area contributed by atoms with Crippen LogP contribution in [0.4, 0.5) is 0 Å². The molecular weight excluding hydrogens is 220 g/mol. The Bertz CT molecular complexity index is 520. The smallest absolute Gasteiger partial charge is 0.0364 e. The van der Waals surface area contributed by atoms with Crippen LogP contribution in [0.15, 0.2) is 42.7 Å². The molecule has 2 aromatic rings. The average Bonchev–Trinajstić information content (AvgIpc) is 2.41. The van der Waals surface area contributed by atoms with Crippen molar-refractivity contribution in [1.82, 2.24) is 4.98 Å². The molecule has 2 unspecified atom stereocenters. The largest absolute Gasteiger partial charge is 0.323 e. The van der Waals surface area contributed by atoms with E-state index in [9.17, 15) is 0 Å². The van der Waals surface area contributed by atoms with E-state index < -0.39 is 0 Å². The average molecular weight is 240 g/mol. The molecule has 18 heavy (non-hydrogen) atoms. The molecule has 1 heterocycles. The molecule has 1 aromatic heterocycles. The van der Waals surface area contributed by atoms with Crippen LogP contribution in [0.3, 0.4) is 0 Å². The van der Waals surface area contributed by atoms with E-state index in [2.05, 4.69) is 44.0 Å². The number of nitrogens with two attached hydrogens (primary N) is 1. The van der Waals surface area contributed by atoms with Crippen LogP contribution >= 0.6 is 0 Å². The molecule has 1 aromatic carbocycles. The van der Waals surface area contributed by atoms with Gasteiger partial charge in [0.1, 0.15) is 0 Å². The number of benzene rings is 1. The number of aromatic nitrogens is 1. The third-order valence-electron chi connectivity index (χ3n) is 3.56. The van der Waals surface area contributed by atoms with Gasteiger partial charge in [0.15, 0.2) is 0 Å². The Hall–Kier alpha value is -1.67. The first-order valence-corrected chi connectivity index (χ1v) is 6.32. The lowest BCUT2D eigenvalue weighted by atomic mass is 9.87. The first-order valence-electron chi connectivity index (χ1n) is 6.32. The third-order valence-corrected chi connectivity index (χ3v) is 3.56. The summed E-state index contributed by atoms with van der Waals surface area (Å²) in [5, 5.41) is 0. The van der Waals surface area contributed by atoms with Crippen LogP contribution in [0.5, 0.6) is 0 Å². The van der Waals surface area contributed by atoms with Gasteiger partial charge in [0.05, 0.1) is 0 Å². The number of rotatable bonds is 3. The molecule has 0 aliphatic heterocycles. The van der Waals surface area contributed by atoms with E-state index in [1.807, 2.05) is 24.5 Å². The first kappa shape index (κ1) is 12.8. The molecule has 94 valence electrons. The molecule has 0 saturated heterocycles. The van der Waals surface area contributed by atoms with Crippen molar-refractivity contribution in [3.63, 3.8) is 0 Å². The van der Waals surface area contributed by atoms with E-state index in [-0.39, 0.29) is 12.0 Å². The predicted octanol–water partition coefficient (Wildman–Crippen LogP) is 3.50. The standard InChI is InChI=1S/C16H20N2/c1-11-4-5-12(2)15(10-11)16(17)13(3)14-6-8-18-9-7-14/h4-10,13,16H,17H2,1-3H3. The molecule has 0 radical (unpaired) electrons. The van der Waals surface area contributed by atoms with Gasteiger partial charge in [0.25, 0.3) is 0 Å². The maximum atomic E-state index is 6.42. The van der Waals surface area contributed by atoms with Gasteiger partial charge in [0.2, 0.25) is 0 Å². The molecule has 2 atom stereocenters. The van der Waals surface area contributed by atoms with Crippen molar-refractivity contribution < 1.29 is 0 Å². The van der Waals surface area contributed by atoms with E-state index in [0.717, 1.165) is 0 Å². The molecule has 0 saturated carbocycles. The maximum absolute atomic E-state index is 6.42. The van der Waals surface area contributed by atoms with Crippen LogP contribution in [-0.4, -0.2) is 4.98 Å². The summed E-state index contributed by atoms with van der Waals surface area (Å²) in [6.07, 6.45) is 3.64. The summed E-state index contributed by atoms with van der Waals surface area (Å²) < 4.78 is 0. The molecule has 2 nitrogen and oxygen atoms in total. The van der Waals surface area contributed by atoms with Gasteiger partial charge < -0.3 is 5.73 Å². The second-order valence-electron chi connectivity index (χ2n) is 4.96. The Morgan fingerprint density at radius 3 is 2.39 bits per heavy atom. The summed E-state index contributed by atoms with van der Waals surface area (Å²) in [4.78, 5) is 4.05. The molecule has 2 N–H and O–H groups in total. The Morgan fingerprint density at radius 2 is 1.72 bits per heavy atom. The van der Waals surface area contributed by atoms with Gasteiger partial charge in [-0.05, 0) is 42.7 Å². The van der Waals surface area contributed by atoms with E-state index in [0.29, 0.717) is 0 Å². The zero-order valence-electron chi connectivity index (χ0n) is 11.2. The van der Waals surface area contributed by atoms with Gasteiger partial charge in [-0.15, -0.1) is 0 Å².